The summed E-state index contributed by atoms with van der Waals surface area (Å²) in [5.41, 5.74) is 0.0116. The van der Waals surface area contributed by atoms with Crippen molar-refractivity contribution in [3.63, 3.8) is 0 Å². The zero-order valence-corrected chi connectivity index (χ0v) is 8.46. The van der Waals surface area contributed by atoms with Gasteiger partial charge in [0, 0.05) is 5.56 Å². The summed E-state index contributed by atoms with van der Waals surface area (Å²) < 4.78 is 43.9. The first-order chi connectivity index (χ1) is 6.46. The highest BCUT2D eigenvalue weighted by atomic mass is 32.2. The quantitative estimate of drug-likeness (QED) is 0.791. The van der Waals surface area contributed by atoms with Crippen molar-refractivity contribution in [2.45, 2.75) is 18.6 Å². The van der Waals surface area contributed by atoms with Crippen LogP contribution in [0.3, 0.4) is 0 Å². The van der Waals surface area contributed by atoms with Crippen LogP contribution in [-0.4, -0.2) is 13.0 Å². The lowest BCUT2D eigenvalue weighted by Gasteiger charge is -2.12. The van der Waals surface area contributed by atoms with Gasteiger partial charge in [-0.15, -0.1) is 0 Å². The van der Waals surface area contributed by atoms with Crippen LogP contribution in [0.4, 0.5) is 4.39 Å². The second-order valence-electron chi connectivity index (χ2n) is 2.93. The van der Waals surface area contributed by atoms with Gasteiger partial charge in [0.2, 0.25) is 0 Å². The van der Waals surface area contributed by atoms with E-state index in [1.54, 1.807) is 6.92 Å². The lowest BCUT2D eigenvalue weighted by molar-refractivity contribution is 0.462. The smallest absolute Gasteiger partial charge is 0.272 e. The number of benzene rings is 1. The summed E-state index contributed by atoms with van der Waals surface area (Å²) in [7, 11) is -4.23. The molecule has 0 radical (unpaired) electrons. The van der Waals surface area contributed by atoms with Crippen molar-refractivity contribution in [3.8, 4) is 0 Å². The Labute approximate surface area is 82.3 Å². The van der Waals surface area contributed by atoms with Gasteiger partial charge in [-0.05, 0) is 12.5 Å². The van der Waals surface area contributed by atoms with Crippen molar-refractivity contribution in [2.75, 3.05) is 0 Å². The molecule has 1 N–H and O–H groups in total. The normalized spacial score (nSPS) is 13.9. The lowest BCUT2D eigenvalue weighted by Crippen LogP contribution is -2.12. The predicted molar refractivity (Wildman–Crippen MR) is 51.0 cm³/mol. The van der Waals surface area contributed by atoms with Crippen molar-refractivity contribution in [1.29, 1.82) is 0 Å². The van der Waals surface area contributed by atoms with E-state index < -0.39 is 21.2 Å². The Morgan fingerprint density at radius 1 is 1.43 bits per heavy atom. The molecule has 14 heavy (non-hydrogen) atoms. The van der Waals surface area contributed by atoms with Crippen LogP contribution in [0.15, 0.2) is 24.3 Å². The molecule has 0 saturated carbocycles. The van der Waals surface area contributed by atoms with Crippen LogP contribution < -0.4 is 0 Å². The third-order valence-corrected chi connectivity index (χ3v) is 3.29. The molecular formula is C9H11FO3S. The minimum absolute atomic E-state index is 0.0116. The largest absolute Gasteiger partial charge is 0.285 e. The summed E-state index contributed by atoms with van der Waals surface area (Å²) in [5, 5.41) is -1.18. The Hall–Kier alpha value is -0.940. The summed E-state index contributed by atoms with van der Waals surface area (Å²) in [4.78, 5) is 0. The molecule has 1 rings (SSSR count). The first-order valence-corrected chi connectivity index (χ1v) is 5.68. The highest BCUT2D eigenvalue weighted by Gasteiger charge is 2.25. The Morgan fingerprint density at radius 3 is 2.43 bits per heavy atom. The number of hydrogen-bond acceptors (Lipinski definition) is 2. The van der Waals surface area contributed by atoms with Crippen LogP contribution in [0, 0.1) is 5.82 Å². The number of rotatable bonds is 3. The van der Waals surface area contributed by atoms with Crippen molar-refractivity contribution in [2.24, 2.45) is 0 Å². The predicted octanol–water partition coefficient (Wildman–Crippen LogP) is 2.16. The van der Waals surface area contributed by atoms with Crippen LogP contribution in [0.5, 0.6) is 0 Å². The van der Waals surface area contributed by atoms with Gasteiger partial charge in [-0.3, -0.25) is 4.55 Å². The minimum Gasteiger partial charge on any atom is -0.285 e. The summed E-state index contributed by atoms with van der Waals surface area (Å²) in [6.45, 7) is 1.57. The van der Waals surface area contributed by atoms with Crippen LogP contribution in [0.25, 0.3) is 0 Å². The molecule has 0 fully saturated rings. The molecular weight excluding hydrogens is 207 g/mol. The van der Waals surface area contributed by atoms with E-state index in [4.69, 9.17) is 4.55 Å². The van der Waals surface area contributed by atoms with E-state index in [-0.39, 0.29) is 12.0 Å². The molecule has 0 amide bonds. The van der Waals surface area contributed by atoms with Gasteiger partial charge in [0.25, 0.3) is 10.1 Å². The van der Waals surface area contributed by atoms with E-state index >= 15 is 0 Å². The molecule has 0 aromatic heterocycles. The minimum atomic E-state index is -4.23. The molecule has 0 aliphatic carbocycles. The van der Waals surface area contributed by atoms with Crippen LogP contribution in [-0.2, 0) is 10.1 Å². The molecule has 1 aromatic rings. The maximum Gasteiger partial charge on any atom is 0.272 e. The topological polar surface area (TPSA) is 54.4 Å². The van der Waals surface area contributed by atoms with Gasteiger partial charge in [-0.2, -0.15) is 8.42 Å². The summed E-state index contributed by atoms with van der Waals surface area (Å²) in [6.07, 6.45) is 0.139. The van der Waals surface area contributed by atoms with Gasteiger partial charge in [0.1, 0.15) is 11.1 Å². The van der Waals surface area contributed by atoms with Gasteiger partial charge in [0.15, 0.2) is 0 Å². The van der Waals surface area contributed by atoms with Crippen LogP contribution in [0.2, 0.25) is 0 Å². The van der Waals surface area contributed by atoms with Crippen molar-refractivity contribution >= 4 is 10.1 Å². The average Bonchev–Trinajstić information content (AvgIpc) is 2.07. The second-order valence-corrected chi connectivity index (χ2v) is 4.53. The van der Waals surface area contributed by atoms with Crippen LogP contribution >= 0.6 is 0 Å². The van der Waals surface area contributed by atoms with Gasteiger partial charge in [-0.25, -0.2) is 4.39 Å². The van der Waals surface area contributed by atoms with Crippen molar-refractivity contribution < 1.29 is 17.4 Å². The van der Waals surface area contributed by atoms with Gasteiger partial charge >= 0.3 is 0 Å². The first kappa shape index (κ1) is 11.1. The molecule has 1 atom stereocenters. The van der Waals surface area contributed by atoms with E-state index in [0.717, 1.165) is 0 Å². The first-order valence-electron chi connectivity index (χ1n) is 4.17. The molecule has 0 heterocycles. The molecule has 0 bridgehead atoms. The molecule has 78 valence electrons. The Morgan fingerprint density at radius 2 is 2.00 bits per heavy atom. The third kappa shape index (κ3) is 2.30. The van der Waals surface area contributed by atoms with Gasteiger partial charge in [0.05, 0.1) is 0 Å². The lowest BCUT2D eigenvalue weighted by atomic mass is 10.1. The summed E-state index contributed by atoms with van der Waals surface area (Å²) >= 11 is 0. The molecule has 5 heteroatoms. The van der Waals surface area contributed by atoms with Gasteiger partial charge < -0.3 is 0 Å². The van der Waals surface area contributed by atoms with Gasteiger partial charge in [-0.1, -0.05) is 25.1 Å². The Kier molecular flexibility index (Phi) is 3.23. The highest BCUT2D eigenvalue weighted by Crippen LogP contribution is 2.26. The SMILES string of the molecule is CCC(c1ccccc1F)S(=O)(=O)O. The highest BCUT2D eigenvalue weighted by molar-refractivity contribution is 7.86. The molecule has 0 aliphatic heterocycles. The average molecular weight is 218 g/mol. The molecule has 3 nitrogen and oxygen atoms in total. The van der Waals surface area contributed by atoms with Crippen molar-refractivity contribution in [1.82, 2.24) is 0 Å². The maximum atomic E-state index is 13.2. The van der Waals surface area contributed by atoms with E-state index in [2.05, 4.69) is 0 Å². The maximum absolute atomic E-state index is 13.2. The van der Waals surface area contributed by atoms with Crippen molar-refractivity contribution in [3.05, 3.63) is 35.6 Å². The second kappa shape index (κ2) is 4.06. The standard InChI is InChI=1S/C9H11FO3S/c1-2-9(14(11,12)13)7-5-3-4-6-8(7)10/h3-6,9H,2H2,1H3,(H,11,12,13). The number of halogens is 1. The molecule has 0 spiro atoms. The third-order valence-electron chi connectivity index (χ3n) is 1.98. The molecule has 1 unspecified atom stereocenters. The Bertz CT molecular complexity index is 414. The Balaban J connectivity index is 3.21. The zero-order chi connectivity index (χ0) is 10.8. The summed E-state index contributed by atoms with van der Waals surface area (Å²) in [6, 6.07) is 5.53. The van der Waals surface area contributed by atoms with Crippen LogP contribution in [0.1, 0.15) is 24.2 Å². The molecule has 0 aliphatic rings. The van der Waals surface area contributed by atoms with E-state index in [1.807, 2.05) is 0 Å². The molecule has 1 aromatic carbocycles. The fourth-order valence-electron chi connectivity index (χ4n) is 1.33. The molecule has 0 saturated heterocycles. The van der Waals surface area contributed by atoms with E-state index in [0.29, 0.717) is 0 Å². The fraction of sp³-hybridized carbons (Fsp3) is 0.333. The van der Waals surface area contributed by atoms with E-state index in [1.165, 1.54) is 24.3 Å². The fourth-order valence-corrected chi connectivity index (χ4v) is 2.26. The zero-order valence-electron chi connectivity index (χ0n) is 7.64. The monoisotopic (exact) mass is 218 g/mol. The van der Waals surface area contributed by atoms with E-state index in [9.17, 15) is 12.8 Å². The summed E-state index contributed by atoms with van der Waals surface area (Å²) in [5.74, 6) is -0.614. The number of hydrogen-bond donors (Lipinski definition) is 1.